The van der Waals surface area contributed by atoms with E-state index in [1.54, 1.807) is 7.11 Å². The van der Waals surface area contributed by atoms with Gasteiger partial charge in [0.15, 0.2) is 0 Å². The van der Waals surface area contributed by atoms with Crippen molar-refractivity contribution in [2.75, 3.05) is 18.2 Å². The van der Waals surface area contributed by atoms with Crippen LogP contribution in [0.4, 0.5) is 11.4 Å². The molecule has 2 aromatic carbocycles. The number of ether oxygens (including phenoxy) is 1. The third-order valence-electron chi connectivity index (χ3n) is 2.99. The first-order valence-corrected chi connectivity index (χ1v) is 6.46. The molecule has 104 valence electrons. The highest BCUT2D eigenvalue weighted by atomic mass is 16.5. The quantitative estimate of drug-likeness (QED) is 0.821. The molecule has 4 nitrogen and oxygen atoms in total. The number of nitrogen functional groups attached to an aromatic ring is 1. The molecule has 0 spiro atoms. The highest BCUT2D eigenvalue weighted by Gasteiger charge is 2.03. The van der Waals surface area contributed by atoms with Crippen LogP contribution >= 0.6 is 0 Å². The first kappa shape index (κ1) is 13.9. The predicted molar refractivity (Wildman–Crippen MR) is 80.8 cm³/mol. The molecule has 0 saturated heterocycles. The predicted octanol–water partition coefficient (Wildman–Crippen LogP) is 2.85. The molecule has 0 aliphatic carbocycles. The van der Waals surface area contributed by atoms with Gasteiger partial charge in [-0.25, -0.2) is 0 Å². The average molecular weight is 270 g/mol. The summed E-state index contributed by atoms with van der Waals surface area (Å²) < 4.78 is 5.07. The minimum absolute atomic E-state index is 0.00741. The van der Waals surface area contributed by atoms with Gasteiger partial charge in [-0.1, -0.05) is 12.1 Å². The summed E-state index contributed by atoms with van der Waals surface area (Å²) in [5, 5.41) is 2.86. The third kappa shape index (κ3) is 4.02. The highest BCUT2D eigenvalue weighted by Crippen LogP contribution is 2.15. The maximum absolute atomic E-state index is 11.8. The lowest BCUT2D eigenvalue weighted by Gasteiger charge is -2.06. The first-order chi connectivity index (χ1) is 9.67. The Morgan fingerprint density at radius 3 is 2.35 bits per heavy atom. The molecule has 0 aromatic heterocycles. The van der Waals surface area contributed by atoms with Crippen molar-refractivity contribution in [3.8, 4) is 5.75 Å². The van der Waals surface area contributed by atoms with Crippen LogP contribution in [0.2, 0.25) is 0 Å². The standard InChI is InChI=1S/C16H18N2O2/c1-20-15-9-7-14(8-10-15)18-16(19)11-4-12-2-5-13(17)6-3-12/h2-3,5-10H,4,11,17H2,1H3,(H,18,19). The number of carbonyl (C=O) groups excluding carboxylic acids is 1. The van der Waals surface area contributed by atoms with Gasteiger partial charge in [0.05, 0.1) is 7.11 Å². The lowest BCUT2D eigenvalue weighted by Crippen LogP contribution is -2.12. The number of methoxy groups -OCH3 is 1. The molecule has 20 heavy (non-hydrogen) atoms. The maximum Gasteiger partial charge on any atom is 0.224 e. The van der Waals surface area contributed by atoms with Crippen LogP contribution in [-0.2, 0) is 11.2 Å². The van der Waals surface area contributed by atoms with Crippen molar-refractivity contribution < 1.29 is 9.53 Å². The summed E-state index contributed by atoms with van der Waals surface area (Å²) in [6.07, 6.45) is 1.14. The third-order valence-corrected chi connectivity index (χ3v) is 2.99. The molecule has 4 heteroatoms. The average Bonchev–Trinajstić information content (AvgIpc) is 2.47. The first-order valence-electron chi connectivity index (χ1n) is 6.46. The van der Waals surface area contributed by atoms with Gasteiger partial charge in [-0.05, 0) is 48.4 Å². The number of nitrogens with two attached hydrogens (primary N) is 1. The number of hydrogen-bond donors (Lipinski definition) is 2. The van der Waals surface area contributed by atoms with Crippen molar-refractivity contribution >= 4 is 17.3 Å². The molecular formula is C16H18N2O2. The molecule has 0 heterocycles. The fourth-order valence-electron chi connectivity index (χ4n) is 1.84. The lowest BCUT2D eigenvalue weighted by molar-refractivity contribution is -0.116. The van der Waals surface area contributed by atoms with Gasteiger partial charge >= 0.3 is 0 Å². The maximum atomic E-state index is 11.8. The fourth-order valence-corrected chi connectivity index (χ4v) is 1.84. The number of benzene rings is 2. The molecule has 2 aromatic rings. The normalized spacial score (nSPS) is 10.1. The van der Waals surface area contributed by atoms with Crippen molar-refractivity contribution in [2.45, 2.75) is 12.8 Å². The second kappa shape index (κ2) is 6.61. The van der Waals surface area contributed by atoms with E-state index < -0.39 is 0 Å². The van der Waals surface area contributed by atoms with Gasteiger partial charge in [0.2, 0.25) is 5.91 Å². The molecule has 0 unspecified atom stereocenters. The van der Waals surface area contributed by atoms with E-state index >= 15 is 0 Å². The fraction of sp³-hybridized carbons (Fsp3) is 0.188. The largest absolute Gasteiger partial charge is 0.497 e. The summed E-state index contributed by atoms with van der Waals surface area (Å²) in [5.41, 5.74) is 8.22. The number of hydrogen-bond acceptors (Lipinski definition) is 3. The number of rotatable bonds is 5. The Labute approximate surface area is 118 Å². The van der Waals surface area contributed by atoms with Gasteiger partial charge in [0.25, 0.3) is 0 Å². The Hall–Kier alpha value is -2.49. The van der Waals surface area contributed by atoms with Crippen LogP contribution in [-0.4, -0.2) is 13.0 Å². The SMILES string of the molecule is COc1ccc(NC(=O)CCc2ccc(N)cc2)cc1. The lowest BCUT2D eigenvalue weighted by atomic mass is 10.1. The van der Waals surface area contributed by atoms with Crippen LogP contribution in [0, 0.1) is 0 Å². The zero-order chi connectivity index (χ0) is 14.4. The molecule has 1 amide bonds. The van der Waals surface area contributed by atoms with E-state index in [1.807, 2.05) is 48.5 Å². The number of amides is 1. The molecule has 3 N–H and O–H groups in total. The molecule has 0 aliphatic rings. The van der Waals surface area contributed by atoms with E-state index in [0.29, 0.717) is 12.8 Å². The van der Waals surface area contributed by atoms with E-state index in [0.717, 1.165) is 22.7 Å². The Morgan fingerprint density at radius 2 is 1.75 bits per heavy atom. The summed E-state index contributed by atoms with van der Waals surface area (Å²) in [6, 6.07) is 14.8. The van der Waals surface area contributed by atoms with Gasteiger partial charge in [-0.2, -0.15) is 0 Å². The van der Waals surface area contributed by atoms with Crippen molar-refractivity contribution in [1.82, 2.24) is 0 Å². The van der Waals surface area contributed by atoms with Crippen LogP contribution in [0.1, 0.15) is 12.0 Å². The molecule has 2 rings (SSSR count). The molecule has 0 bridgehead atoms. The Kier molecular flexibility index (Phi) is 4.60. The van der Waals surface area contributed by atoms with Gasteiger partial charge in [0.1, 0.15) is 5.75 Å². The van der Waals surface area contributed by atoms with Crippen molar-refractivity contribution in [3.05, 3.63) is 54.1 Å². The Balaban J connectivity index is 1.84. The van der Waals surface area contributed by atoms with Gasteiger partial charge in [0, 0.05) is 17.8 Å². The Bertz CT molecular complexity index is 562. The topological polar surface area (TPSA) is 64.3 Å². The minimum atomic E-state index is -0.00741. The zero-order valence-corrected chi connectivity index (χ0v) is 11.4. The van der Waals surface area contributed by atoms with E-state index in [1.165, 1.54) is 0 Å². The second-order valence-electron chi connectivity index (χ2n) is 4.52. The van der Waals surface area contributed by atoms with Crippen molar-refractivity contribution in [1.29, 1.82) is 0 Å². The number of carbonyl (C=O) groups is 1. The van der Waals surface area contributed by atoms with E-state index in [4.69, 9.17) is 10.5 Å². The summed E-state index contributed by atoms with van der Waals surface area (Å²) in [4.78, 5) is 11.8. The van der Waals surface area contributed by atoms with Crippen LogP contribution in [0.15, 0.2) is 48.5 Å². The minimum Gasteiger partial charge on any atom is -0.497 e. The summed E-state index contributed by atoms with van der Waals surface area (Å²) >= 11 is 0. The van der Waals surface area contributed by atoms with E-state index in [2.05, 4.69) is 5.32 Å². The van der Waals surface area contributed by atoms with Gasteiger partial charge in [-0.15, -0.1) is 0 Å². The van der Waals surface area contributed by atoms with Crippen LogP contribution in [0.3, 0.4) is 0 Å². The van der Waals surface area contributed by atoms with Crippen molar-refractivity contribution in [2.24, 2.45) is 0 Å². The van der Waals surface area contributed by atoms with Crippen LogP contribution in [0.25, 0.3) is 0 Å². The van der Waals surface area contributed by atoms with Gasteiger partial charge in [-0.3, -0.25) is 4.79 Å². The second-order valence-corrected chi connectivity index (χ2v) is 4.52. The molecular weight excluding hydrogens is 252 g/mol. The zero-order valence-electron chi connectivity index (χ0n) is 11.4. The smallest absolute Gasteiger partial charge is 0.224 e. The number of nitrogens with one attached hydrogen (secondary N) is 1. The highest BCUT2D eigenvalue weighted by molar-refractivity contribution is 5.90. The number of aryl methyl sites for hydroxylation is 1. The number of anilines is 2. The van der Waals surface area contributed by atoms with Gasteiger partial charge < -0.3 is 15.8 Å². The van der Waals surface area contributed by atoms with Crippen LogP contribution in [0.5, 0.6) is 5.75 Å². The van der Waals surface area contributed by atoms with E-state index in [9.17, 15) is 4.79 Å². The van der Waals surface area contributed by atoms with Crippen LogP contribution < -0.4 is 15.8 Å². The molecule has 0 radical (unpaired) electrons. The summed E-state index contributed by atoms with van der Waals surface area (Å²) in [7, 11) is 1.61. The molecule has 0 aliphatic heterocycles. The molecule has 0 fully saturated rings. The molecule has 0 saturated carbocycles. The van der Waals surface area contributed by atoms with Crippen molar-refractivity contribution in [3.63, 3.8) is 0 Å². The molecule has 0 atom stereocenters. The monoisotopic (exact) mass is 270 g/mol. The van der Waals surface area contributed by atoms with E-state index in [-0.39, 0.29) is 5.91 Å². The summed E-state index contributed by atoms with van der Waals surface area (Å²) in [5.74, 6) is 0.761. The summed E-state index contributed by atoms with van der Waals surface area (Å²) in [6.45, 7) is 0. The Morgan fingerprint density at radius 1 is 1.10 bits per heavy atom.